The molecule has 0 fully saturated rings. The molecule has 0 aliphatic heterocycles. The third-order valence-electron chi connectivity index (χ3n) is 2.87. The predicted molar refractivity (Wildman–Crippen MR) is 67.4 cm³/mol. The van der Waals surface area contributed by atoms with Crippen LogP contribution in [0.2, 0.25) is 0 Å². The van der Waals surface area contributed by atoms with Crippen molar-refractivity contribution in [2.75, 3.05) is 6.61 Å². The van der Waals surface area contributed by atoms with E-state index in [-0.39, 0.29) is 29.8 Å². The van der Waals surface area contributed by atoms with Crippen molar-refractivity contribution in [1.82, 2.24) is 4.98 Å². The number of aromatic nitrogens is 1. The lowest BCUT2D eigenvalue weighted by molar-refractivity contribution is -0.386. The minimum Gasteiger partial charge on any atom is -0.477 e. The first-order valence-corrected chi connectivity index (χ1v) is 6.01. The Morgan fingerprint density at radius 1 is 1.47 bits per heavy atom. The number of nitrogens with zero attached hydrogens (tertiary/aromatic N) is 2. The van der Waals surface area contributed by atoms with Crippen molar-refractivity contribution in [2.45, 2.75) is 26.7 Å². The fourth-order valence-corrected chi connectivity index (χ4v) is 1.52. The van der Waals surface area contributed by atoms with Gasteiger partial charge < -0.3 is 9.84 Å². The van der Waals surface area contributed by atoms with Crippen molar-refractivity contribution in [3.8, 4) is 5.88 Å². The summed E-state index contributed by atoms with van der Waals surface area (Å²) >= 11 is 0. The summed E-state index contributed by atoms with van der Waals surface area (Å²) in [7, 11) is 0. The van der Waals surface area contributed by atoms with Gasteiger partial charge in [-0.1, -0.05) is 26.7 Å². The number of hydrogen-bond donors (Lipinski definition) is 1. The molecule has 0 atom stereocenters. The van der Waals surface area contributed by atoms with Gasteiger partial charge in [0, 0.05) is 6.07 Å². The summed E-state index contributed by atoms with van der Waals surface area (Å²) < 4.78 is 5.32. The molecule has 1 heterocycles. The summed E-state index contributed by atoms with van der Waals surface area (Å²) in [6.45, 7) is 4.27. The largest absolute Gasteiger partial charge is 0.477 e. The SMILES string of the molecule is CCC(CC)COc1nc(C(=O)O)ccc1[N+](=O)[O-]. The smallest absolute Gasteiger partial charge is 0.354 e. The van der Waals surface area contributed by atoms with Crippen LogP contribution in [0.15, 0.2) is 12.1 Å². The minimum atomic E-state index is -1.25. The van der Waals surface area contributed by atoms with Gasteiger partial charge in [0.1, 0.15) is 0 Å². The van der Waals surface area contributed by atoms with Crippen LogP contribution in [0.25, 0.3) is 0 Å². The molecule has 0 radical (unpaired) electrons. The number of nitro groups is 1. The Hall–Kier alpha value is -2.18. The fraction of sp³-hybridized carbons (Fsp3) is 0.500. The summed E-state index contributed by atoms with van der Waals surface area (Å²) in [5, 5.41) is 19.6. The highest BCUT2D eigenvalue weighted by atomic mass is 16.6. The van der Waals surface area contributed by atoms with Crippen LogP contribution in [0.5, 0.6) is 5.88 Å². The first-order chi connectivity index (χ1) is 8.99. The van der Waals surface area contributed by atoms with Crippen molar-refractivity contribution in [1.29, 1.82) is 0 Å². The van der Waals surface area contributed by atoms with Crippen LogP contribution in [0.1, 0.15) is 37.2 Å². The van der Waals surface area contributed by atoms with E-state index in [0.29, 0.717) is 0 Å². The number of aromatic carboxylic acids is 1. The summed E-state index contributed by atoms with van der Waals surface area (Å²) in [6, 6.07) is 2.18. The summed E-state index contributed by atoms with van der Waals surface area (Å²) in [5.74, 6) is -1.23. The Morgan fingerprint density at radius 2 is 2.11 bits per heavy atom. The zero-order valence-corrected chi connectivity index (χ0v) is 10.8. The molecule has 104 valence electrons. The maximum atomic E-state index is 10.8. The highest BCUT2D eigenvalue weighted by molar-refractivity contribution is 5.85. The van der Waals surface area contributed by atoms with Crippen LogP contribution < -0.4 is 4.74 Å². The Balaban J connectivity index is 2.97. The average molecular weight is 268 g/mol. The highest BCUT2D eigenvalue weighted by Gasteiger charge is 2.20. The number of rotatable bonds is 7. The van der Waals surface area contributed by atoms with Gasteiger partial charge in [-0.25, -0.2) is 9.78 Å². The highest BCUT2D eigenvalue weighted by Crippen LogP contribution is 2.25. The van der Waals surface area contributed by atoms with E-state index in [4.69, 9.17) is 9.84 Å². The molecule has 0 aliphatic rings. The summed E-state index contributed by atoms with van der Waals surface area (Å²) in [4.78, 5) is 24.7. The van der Waals surface area contributed by atoms with Crippen LogP contribution in [-0.4, -0.2) is 27.6 Å². The Bertz CT molecular complexity index is 471. The predicted octanol–water partition coefficient (Wildman–Crippen LogP) is 2.50. The fourth-order valence-electron chi connectivity index (χ4n) is 1.52. The van der Waals surface area contributed by atoms with Crippen molar-refractivity contribution >= 4 is 11.7 Å². The zero-order valence-electron chi connectivity index (χ0n) is 10.8. The molecule has 0 amide bonds. The van der Waals surface area contributed by atoms with E-state index < -0.39 is 10.9 Å². The first kappa shape index (κ1) is 14.9. The molecule has 0 saturated carbocycles. The number of hydrogen-bond acceptors (Lipinski definition) is 5. The topological polar surface area (TPSA) is 103 Å². The van der Waals surface area contributed by atoms with Crippen LogP contribution in [0, 0.1) is 16.0 Å². The summed E-state index contributed by atoms with van der Waals surface area (Å²) in [6.07, 6.45) is 1.76. The van der Waals surface area contributed by atoms with E-state index in [1.54, 1.807) is 0 Å². The number of ether oxygens (including phenoxy) is 1. The monoisotopic (exact) mass is 268 g/mol. The Morgan fingerprint density at radius 3 is 2.58 bits per heavy atom. The molecule has 1 aromatic heterocycles. The zero-order chi connectivity index (χ0) is 14.4. The van der Waals surface area contributed by atoms with Gasteiger partial charge in [-0.2, -0.15) is 0 Å². The lowest BCUT2D eigenvalue weighted by atomic mass is 10.1. The molecular weight excluding hydrogens is 252 g/mol. The second kappa shape index (κ2) is 6.67. The quantitative estimate of drug-likeness (QED) is 0.602. The lowest BCUT2D eigenvalue weighted by Crippen LogP contribution is -2.13. The van der Waals surface area contributed by atoms with Crippen LogP contribution in [0.4, 0.5) is 5.69 Å². The molecule has 0 unspecified atom stereocenters. The van der Waals surface area contributed by atoms with Crippen LogP contribution in [-0.2, 0) is 0 Å². The average Bonchev–Trinajstić information content (AvgIpc) is 2.39. The summed E-state index contributed by atoms with van der Waals surface area (Å²) in [5.41, 5.74) is -0.596. The molecule has 0 aromatic carbocycles. The molecule has 1 aromatic rings. The molecule has 0 saturated heterocycles. The lowest BCUT2D eigenvalue weighted by Gasteiger charge is -2.13. The van der Waals surface area contributed by atoms with Gasteiger partial charge in [0.15, 0.2) is 5.69 Å². The van der Waals surface area contributed by atoms with Crippen molar-refractivity contribution in [3.63, 3.8) is 0 Å². The van der Waals surface area contributed by atoms with Gasteiger partial charge >= 0.3 is 11.7 Å². The van der Waals surface area contributed by atoms with E-state index in [0.717, 1.165) is 25.0 Å². The maximum absolute atomic E-state index is 10.8. The Kier molecular flexibility index (Phi) is 5.23. The van der Waals surface area contributed by atoms with Crippen LogP contribution in [0.3, 0.4) is 0 Å². The van der Waals surface area contributed by atoms with Gasteiger partial charge in [0.05, 0.1) is 11.5 Å². The van der Waals surface area contributed by atoms with Crippen LogP contribution >= 0.6 is 0 Å². The van der Waals surface area contributed by atoms with Crippen molar-refractivity contribution in [2.24, 2.45) is 5.92 Å². The maximum Gasteiger partial charge on any atom is 0.354 e. The van der Waals surface area contributed by atoms with E-state index in [9.17, 15) is 14.9 Å². The second-order valence-electron chi connectivity index (χ2n) is 4.08. The molecule has 0 spiro atoms. The Labute approximate surface area is 110 Å². The minimum absolute atomic E-state index is 0.239. The normalized spacial score (nSPS) is 10.5. The third kappa shape index (κ3) is 3.90. The van der Waals surface area contributed by atoms with E-state index in [1.807, 2.05) is 13.8 Å². The van der Waals surface area contributed by atoms with E-state index in [1.165, 1.54) is 0 Å². The number of pyridine rings is 1. The van der Waals surface area contributed by atoms with Gasteiger partial charge in [0.2, 0.25) is 0 Å². The third-order valence-corrected chi connectivity index (χ3v) is 2.87. The molecule has 1 N–H and O–H groups in total. The van der Waals surface area contributed by atoms with Crippen molar-refractivity contribution < 1.29 is 19.6 Å². The van der Waals surface area contributed by atoms with Crippen molar-refractivity contribution in [3.05, 3.63) is 27.9 Å². The molecule has 0 aliphatic carbocycles. The van der Waals surface area contributed by atoms with Gasteiger partial charge in [0.25, 0.3) is 5.88 Å². The van der Waals surface area contributed by atoms with E-state index >= 15 is 0 Å². The molecule has 0 bridgehead atoms. The number of carboxylic acids is 1. The number of carboxylic acid groups (broad SMARTS) is 1. The standard InChI is InChI=1S/C12H16N2O5/c1-3-8(4-2)7-19-11-10(14(17)18)6-5-9(13-11)12(15)16/h5-6,8H,3-4,7H2,1-2H3,(H,15,16). The molecule has 1 rings (SSSR count). The van der Waals surface area contributed by atoms with Gasteiger partial charge in [-0.3, -0.25) is 10.1 Å². The molecular formula is C12H16N2O5. The van der Waals surface area contributed by atoms with Gasteiger partial charge in [-0.15, -0.1) is 0 Å². The number of carbonyl (C=O) groups is 1. The van der Waals surface area contributed by atoms with Gasteiger partial charge in [-0.05, 0) is 12.0 Å². The molecule has 19 heavy (non-hydrogen) atoms. The second-order valence-corrected chi connectivity index (χ2v) is 4.08. The first-order valence-electron chi connectivity index (χ1n) is 6.01. The molecule has 7 heteroatoms. The van der Waals surface area contributed by atoms with E-state index in [2.05, 4.69) is 4.98 Å². The molecule has 7 nitrogen and oxygen atoms in total.